The molecule has 2 aromatic carbocycles. The van der Waals surface area contributed by atoms with E-state index in [2.05, 4.69) is 11.9 Å². The highest BCUT2D eigenvalue weighted by molar-refractivity contribution is 7.98. The zero-order chi connectivity index (χ0) is 19.4. The van der Waals surface area contributed by atoms with E-state index in [0.717, 1.165) is 12.0 Å². The van der Waals surface area contributed by atoms with Gasteiger partial charge in [0.05, 0.1) is 10.9 Å². The summed E-state index contributed by atoms with van der Waals surface area (Å²) in [5, 5.41) is 1.61. The number of rotatable bonds is 6. The first-order chi connectivity index (χ1) is 13.0. The van der Waals surface area contributed by atoms with Gasteiger partial charge in [0.15, 0.2) is 5.16 Å². The molecule has 1 heterocycles. The highest BCUT2D eigenvalue weighted by atomic mass is 35.5. The summed E-state index contributed by atoms with van der Waals surface area (Å²) in [5.74, 6) is 0.224. The van der Waals surface area contributed by atoms with Gasteiger partial charge in [-0.25, -0.2) is 9.37 Å². The van der Waals surface area contributed by atoms with Gasteiger partial charge in [-0.15, -0.1) is 0 Å². The second kappa shape index (κ2) is 8.72. The molecule has 0 fully saturated rings. The summed E-state index contributed by atoms with van der Waals surface area (Å²) in [4.78, 5) is 17.6. The molecule has 0 aliphatic carbocycles. The van der Waals surface area contributed by atoms with Gasteiger partial charge in [0, 0.05) is 17.3 Å². The Morgan fingerprint density at radius 1 is 1.26 bits per heavy atom. The fourth-order valence-electron chi connectivity index (χ4n) is 2.56. The fraction of sp³-hybridized carbons (Fsp3) is 0.238. The fourth-order valence-corrected chi connectivity index (χ4v) is 3.65. The second-order valence-corrected chi connectivity index (χ2v) is 7.67. The number of hydrogen-bond donors (Lipinski definition) is 0. The number of hydrogen-bond acceptors (Lipinski definition) is 3. The predicted octanol–water partition coefficient (Wildman–Crippen LogP) is 5.84. The van der Waals surface area contributed by atoms with Gasteiger partial charge in [0.1, 0.15) is 5.82 Å². The third-order valence-electron chi connectivity index (χ3n) is 4.34. The third kappa shape index (κ3) is 4.79. The molecule has 27 heavy (non-hydrogen) atoms. The van der Waals surface area contributed by atoms with Crippen LogP contribution in [-0.4, -0.2) is 9.55 Å². The van der Waals surface area contributed by atoms with Crippen molar-refractivity contribution in [2.45, 2.75) is 37.7 Å². The zero-order valence-electron chi connectivity index (χ0n) is 15.2. The normalized spacial score (nSPS) is 11.9. The molecule has 3 rings (SSSR count). The lowest BCUT2D eigenvalue weighted by Crippen LogP contribution is -2.23. The van der Waals surface area contributed by atoms with Crippen molar-refractivity contribution < 1.29 is 4.39 Å². The maximum Gasteiger partial charge on any atom is 0.262 e. The van der Waals surface area contributed by atoms with Gasteiger partial charge in [-0.05, 0) is 49.2 Å². The van der Waals surface area contributed by atoms with Gasteiger partial charge in [-0.3, -0.25) is 9.36 Å². The summed E-state index contributed by atoms with van der Waals surface area (Å²) < 4.78 is 15.2. The monoisotopic (exact) mass is 402 g/mol. The van der Waals surface area contributed by atoms with E-state index in [9.17, 15) is 9.18 Å². The number of nitrogens with zero attached hydrogens (tertiary/aromatic N) is 2. The van der Waals surface area contributed by atoms with Gasteiger partial charge >= 0.3 is 0 Å². The van der Waals surface area contributed by atoms with Gasteiger partial charge in [-0.2, -0.15) is 0 Å². The lowest BCUT2D eigenvalue weighted by molar-refractivity contribution is 0.627. The molecule has 0 N–H and O–H groups in total. The number of thioether (sulfide) groups is 1. The van der Waals surface area contributed by atoms with Crippen molar-refractivity contribution in [3.05, 3.63) is 80.9 Å². The van der Waals surface area contributed by atoms with Gasteiger partial charge < -0.3 is 0 Å². The molecule has 0 amide bonds. The van der Waals surface area contributed by atoms with Crippen LogP contribution in [0.2, 0.25) is 5.02 Å². The van der Waals surface area contributed by atoms with Crippen molar-refractivity contribution in [3.63, 3.8) is 0 Å². The number of fused-ring (bicyclic) bond motifs is 1. The van der Waals surface area contributed by atoms with Crippen molar-refractivity contribution in [2.75, 3.05) is 0 Å². The van der Waals surface area contributed by atoms with Crippen LogP contribution < -0.4 is 5.56 Å². The van der Waals surface area contributed by atoms with Crippen molar-refractivity contribution in [1.82, 2.24) is 9.55 Å². The van der Waals surface area contributed by atoms with E-state index < -0.39 is 5.82 Å². The Labute approximate surface area is 166 Å². The summed E-state index contributed by atoms with van der Waals surface area (Å²) in [6, 6.07) is 11.7. The zero-order valence-corrected chi connectivity index (χ0v) is 16.8. The number of halogens is 2. The molecule has 0 atom stereocenters. The van der Waals surface area contributed by atoms with Crippen LogP contribution in [0.4, 0.5) is 4.39 Å². The summed E-state index contributed by atoms with van der Waals surface area (Å²) in [5.41, 5.74) is 2.56. The molecule has 1 aromatic heterocycles. The molecule has 0 unspecified atom stereocenters. The maximum atomic E-state index is 13.6. The molecule has 0 saturated heterocycles. The molecule has 0 spiro atoms. The van der Waals surface area contributed by atoms with E-state index in [4.69, 9.17) is 11.6 Å². The molecule has 0 aliphatic heterocycles. The molecular weight excluding hydrogens is 383 g/mol. The van der Waals surface area contributed by atoms with Gasteiger partial charge in [0.25, 0.3) is 5.56 Å². The Morgan fingerprint density at radius 3 is 2.70 bits per heavy atom. The van der Waals surface area contributed by atoms with Crippen LogP contribution in [0.3, 0.4) is 0 Å². The molecule has 3 nitrogen and oxygen atoms in total. The molecule has 0 radical (unpaired) electrons. The third-order valence-corrected chi connectivity index (χ3v) is 5.64. The van der Waals surface area contributed by atoms with Crippen molar-refractivity contribution in [3.8, 4) is 0 Å². The Morgan fingerprint density at radius 2 is 2.00 bits per heavy atom. The van der Waals surface area contributed by atoms with Crippen LogP contribution in [0.5, 0.6) is 0 Å². The largest absolute Gasteiger partial charge is 0.283 e. The Hall–Kier alpha value is -2.11. The first kappa shape index (κ1) is 19.6. The summed E-state index contributed by atoms with van der Waals surface area (Å²) in [6.45, 7) is 4.51. The van der Waals surface area contributed by atoms with E-state index in [1.54, 1.807) is 10.6 Å². The molecule has 140 valence electrons. The highest BCUT2D eigenvalue weighted by Gasteiger charge is 2.12. The van der Waals surface area contributed by atoms with Crippen molar-refractivity contribution in [2.24, 2.45) is 0 Å². The maximum absolute atomic E-state index is 13.6. The Kier molecular flexibility index (Phi) is 6.34. The van der Waals surface area contributed by atoms with E-state index >= 15 is 0 Å². The van der Waals surface area contributed by atoms with Crippen LogP contribution >= 0.6 is 23.4 Å². The average Bonchev–Trinajstić information content (AvgIpc) is 2.67. The first-order valence-corrected chi connectivity index (χ1v) is 10.1. The first-order valence-electron chi connectivity index (χ1n) is 8.71. The molecule has 3 aromatic rings. The molecule has 0 aliphatic rings. The van der Waals surface area contributed by atoms with Gasteiger partial charge in [0.2, 0.25) is 0 Å². The molecule has 0 saturated carbocycles. The van der Waals surface area contributed by atoms with Crippen LogP contribution in [0, 0.1) is 5.82 Å². The van der Waals surface area contributed by atoms with E-state index in [0.29, 0.717) is 33.4 Å². The number of aromatic nitrogens is 2. The van der Waals surface area contributed by atoms with E-state index in [-0.39, 0.29) is 5.56 Å². The van der Waals surface area contributed by atoms with Crippen molar-refractivity contribution in [1.29, 1.82) is 0 Å². The minimum absolute atomic E-state index is 0.224. The number of allylic oxidation sites excluding steroid dienone is 2. The average molecular weight is 403 g/mol. The smallest absolute Gasteiger partial charge is 0.262 e. The lowest BCUT2D eigenvalue weighted by Gasteiger charge is -2.12. The summed E-state index contributed by atoms with van der Waals surface area (Å²) in [7, 11) is 0. The van der Waals surface area contributed by atoms with Gasteiger partial charge in [-0.1, -0.05) is 54.1 Å². The standard InChI is InChI=1S/C21H20ClFN2OS/c1-3-14(2)10-11-25-20(26)18-12-17(23)8-9-19(18)24-21(25)27-13-15-4-6-16(22)7-5-15/h4-10,12H,3,11,13H2,1-2H3/b14-10+. The van der Waals surface area contributed by atoms with E-state index in [1.807, 2.05) is 37.3 Å². The number of benzene rings is 2. The SMILES string of the molecule is CC/C(C)=C/Cn1c(SCc2ccc(Cl)cc2)nc2ccc(F)cc2c1=O. The Balaban J connectivity index is 2.01. The highest BCUT2D eigenvalue weighted by Crippen LogP contribution is 2.23. The van der Waals surface area contributed by atoms with Crippen LogP contribution in [0.15, 0.2) is 64.1 Å². The minimum atomic E-state index is -0.435. The predicted molar refractivity (Wildman–Crippen MR) is 111 cm³/mol. The summed E-state index contributed by atoms with van der Waals surface area (Å²) in [6.07, 6.45) is 2.93. The topological polar surface area (TPSA) is 34.9 Å². The van der Waals surface area contributed by atoms with Crippen LogP contribution in [0.1, 0.15) is 25.8 Å². The van der Waals surface area contributed by atoms with Crippen molar-refractivity contribution >= 4 is 34.3 Å². The molecule has 0 bridgehead atoms. The quantitative estimate of drug-likeness (QED) is 0.295. The summed E-state index contributed by atoms with van der Waals surface area (Å²) >= 11 is 7.42. The van der Waals surface area contributed by atoms with Crippen LogP contribution in [0.25, 0.3) is 10.9 Å². The lowest BCUT2D eigenvalue weighted by atomic mass is 10.2. The second-order valence-electron chi connectivity index (χ2n) is 6.29. The Bertz CT molecular complexity index is 1040. The van der Waals surface area contributed by atoms with E-state index in [1.165, 1.54) is 29.5 Å². The molecular formula is C21H20ClFN2OS. The molecule has 6 heteroatoms. The van der Waals surface area contributed by atoms with Crippen LogP contribution in [-0.2, 0) is 12.3 Å². The minimum Gasteiger partial charge on any atom is -0.283 e.